The molecule has 0 unspecified atom stereocenters. The van der Waals surface area contributed by atoms with Gasteiger partial charge in [-0.15, -0.1) is 0 Å². The van der Waals surface area contributed by atoms with Crippen molar-refractivity contribution in [2.24, 2.45) is 0 Å². The summed E-state index contributed by atoms with van der Waals surface area (Å²) in [5.41, 5.74) is 1.14. The second-order valence-electron chi connectivity index (χ2n) is 3.19. The van der Waals surface area contributed by atoms with E-state index in [1.165, 1.54) is 0 Å². The van der Waals surface area contributed by atoms with E-state index in [0.717, 1.165) is 12.0 Å². The zero-order valence-corrected chi connectivity index (χ0v) is 10.2. The van der Waals surface area contributed by atoms with E-state index in [2.05, 4.69) is 5.32 Å². The molecule has 1 rings (SSSR count). The summed E-state index contributed by atoms with van der Waals surface area (Å²) in [6.07, 6.45) is 4.75. The molecule has 0 heterocycles. The minimum atomic E-state index is -0.988. The molecule has 0 spiro atoms. The molecule has 0 fully saturated rings. The normalized spacial score (nSPS) is 10.9. The van der Waals surface area contributed by atoms with Crippen LogP contribution < -0.4 is 5.32 Å². The van der Waals surface area contributed by atoms with Gasteiger partial charge in [0.1, 0.15) is 0 Å². The van der Waals surface area contributed by atoms with E-state index in [1.807, 2.05) is 42.5 Å². The molecule has 0 aliphatic heterocycles. The first-order chi connectivity index (χ1) is 7.70. The summed E-state index contributed by atoms with van der Waals surface area (Å²) in [4.78, 5) is 9.99. The number of benzene rings is 1. The van der Waals surface area contributed by atoms with Crippen LogP contribution >= 0.6 is 23.2 Å². The predicted molar refractivity (Wildman–Crippen MR) is 68.6 cm³/mol. The van der Waals surface area contributed by atoms with Crippen LogP contribution in [0.1, 0.15) is 12.0 Å². The first-order valence-electron chi connectivity index (χ1n) is 4.97. The molecule has 1 amide bonds. The Hall–Kier alpha value is -0.990. The van der Waals surface area contributed by atoms with Crippen molar-refractivity contribution in [1.29, 1.82) is 0 Å². The molecular weight excluding hydrogens is 245 g/mol. The SMILES string of the molecule is O=C(NCC/C=C/c1ccccc1)C(Cl)Cl. The van der Waals surface area contributed by atoms with Crippen LogP contribution in [0.15, 0.2) is 36.4 Å². The van der Waals surface area contributed by atoms with Gasteiger partial charge in [0.25, 0.3) is 5.91 Å². The molecule has 0 saturated carbocycles. The molecule has 0 atom stereocenters. The van der Waals surface area contributed by atoms with E-state index in [1.54, 1.807) is 0 Å². The van der Waals surface area contributed by atoms with Crippen molar-refractivity contribution in [3.63, 3.8) is 0 Å². The maximum absolute atomic E-state index is 11.0. The highest BCUT2D eigenvalue weighted by Gasteiger charge is 2.08. The molecule has 1 aromatic carbocycles. The summed E-state index contributed by atoms with van der Waals surface area (Å²) in [5.74, 6) is -0.351. The topological polar surface area (TPSA) is 29.1 Å². The van der Waals surface area contributed by atoms with Crippen LogP contribution in [-0.4, -0.2) is 17.3 Å². The van der Waals surface area contributed by atoms with E-state index in [4.69, 9.17) is 23.2 Å². The van der Waals surface area contributed by atoms with Crippen LogP contribution in [-0.2, 0) is 4.79 Å². The number of hydrogen-bond donors (Lipinski definition) is 1. The van der Waals surface area contributed by atoms with Crippen LogP contribution in [0, 0.1) is 0 Å². The Morgan fingerprint density at radius 2 is 2.00 bits per heavy atom. The van der Waals surface area contributed by atoms with E-state index >= 15 is 0 Å². The van der Waals surface area contributed by atoms with E-state index in [-0.39, 0.29) is 5.91 Å². The number of amides is 1. The molecule has 0 radical (unpaired) electrons. The third kappa shape index (κ3) is 5.19. The van der Waals surface area contributed by atoms with Gasteiger partial charge in [0.2, 0.25) is 0 Å². The number of nitrogens with one attached hydrogen (secondary N) is 1. The van der Waals surface area contributed by atoms with Gasteiger partial charge in [0.05, 0.1) is 0 Å². The summed E-state index contributed by atoms with van der Waals surface area (Å²) in [6, 6.07) is 9.96. The summed E-state index contributed by atoms with van der Waals surface area (Å²) in [7, 11) is 0. The second kappa shape index (κ2) is 7.31. The Kier molecular flexibility index (Phi) is 5.98. The maximum atomic E-state index is 11.0. The lowest BCUT2D eigenvalue weighted by Gasteiger charge is -2.02. The van der Waals surface area contributed by atoms with Crippen LogP contribution in [0.2, 0.25) is 0 Å². The molecule has 0 bridgehead atoms. The summed E-state index contributed by atoms with van der Waals surface area (Å²) >= 11 is 10.7. The first kappa shape index (κ1) is 13.1. The molecular formula is C12H13Cl2NO. The number of rotatable bonds is 5. The van der Waals surface area contributed by atoms with Gasteiger partial charge >= 0.3 is 0 Å². The van der Waals surface area contributed by atoms with Gasteiger partial charge in [-0.05, 0) is 12.0 Å². The molecule has 0 aliphatic carbocycles. The Labute approximate surface area is 105 Å². The van der Waals surface area contributed by atoms with Crippen LogP contribution in [0.25, 0.3) is 6.08 Å². The van der Waals surface area contributed by atoms with Crippen molar-refractivity contribution in [1.82, 2.24) is 5.32 Å². The Morgan fingerprint density at radius 1 is 1.31 bits per heavy atom. The Morgan fingerprint density at radius 3 is 2.62 bits per heavy atom. The quantitative estimate of drug-likeness (QED) is 0.638. The highest BCUT2D eigenvalue weighted by Crippen LogP contribution is 2.02. The highest BCUT2D eigenvalue weighted by molar-refractivity contribution is 6.53. The molecule has 86 valence electrons. The molecule has 0 saturated heterocycles. The molecule has 4 heteroatoms. The third-order valence-corrected chi connectivity index (χ3v) is 2.31. The zero-order valence-electron chi connectivity index (χ0n) is 8.70. The lowest BCUT2D eigenvalue weighted by molar-refractivity contribution is -0.119. The summed E-state index contributed by atoms with van der Waals surface area (Å²) in [5, 5.41) is 2.61. The largest absolute Gasteiger partial charge is 0.353 e. The second-order valence-corrected chi connectivity index (χ2v) is 4.29. The van der Waals surface area contributed by atoms with E-state index < -0.39 is 4.84 Å². The number of halogens is 2. The number of carbonyl (C=O) groups excluding carboxylic acids is 1. The van der Waals surface area contributed by atoms with E-state index in [0.29, 0.717) is 6.54 Å². The third-order valence-electron chi connectivity index (χ3n) is 1.92. The van der Waals surface area contributed by atoms with Crippen LogP contribution in [0.3, 0.4) is 0 Å². The van der Waals surface area contributed by atoms with Crippen molar-refractivity contribution in [2.75, 3.05) is 6.54 Å². The van der Waals surface area contributed by atoms with Crippen molar-refractivity contribution >= 4 is 35.2 Å². The van der Waals surface area contributed by atoms with Gasteiger partial charge in [-0.25, -0.2) is 0 Å². The standard InChI is InChI=1S/C12H13Cl2NO/c13-11(14)12(16)15-9-5-4-8-10-6-2-1-3-7-10/h1-4,6-8,11H,5,9H2,(H,15,16)/b8-4+. The molecule has 0 aromatic heterocycles. The van der Waals surface area contributed by atoms with Gasteiger partial charge in [-0.1, -0.05) is 65.7 Å². The van der Waals surface area contributed by atoms with E-state index in [9.17, 15) is 4.79 Å². The Bertz CT molecular complexity index is 349. The maximum Gasteiger partial charge on any atom is 0.253 e. The van der Waals surface area contributed by atoms with Gasteiger partial charge in [-0.3, -0.25) is 4.79 Å². The van der Waals surface area contributed by atoms with Gasteiger partial charge in [-0.2, -0.15) is 0 Å². The Balaban J connectivity index is 2.21. The van der Waals surface area contributed by atoms with Gasteiger partial charge < -0.3 is 5.32 Å². The van der Waals surface area contributed by atoms with Crippen molar-refractivity contribution in [2.45, 2.75) is 11.3 Å². The van der Waals surface area contributed by atoms with Crippen molar-refractivity contribution < 1.29 is 4.79 Å². The van der Waals surface area contributed by atoms with Gasteiger partial charge in [0.15, 0.2) is 4.84 Å². The fraction of sp³-hybridized carbons (Fsp3) is 0.250. The predicted octanol–water partition coefficient (Wildman–Crippen LogP) is 3.01. The minimum Gasteiger partial charge on any atom is -0.353 e. The first-order valence-corrected chi connectivity index (χ1v) is 5.85. The number of alkyl halides is 2. The molecule has 2 nitrogen and oxygen atoms in total. The molecule has 0 aliphatic rings. The highest BCUT2D eigenvalue weighted by atomic mass is 35.5. The fourth-order valence-corrected chi connectivity index (χ4v) is 1.29. The van der Waals surface area contributed by atoms with Crippen molar-refractivity contribution in [3.8, 4) is 0 Å². The lowest BCUT2D eigenvalue weighted by atomic mass is 10.2. The monoisotopic (exact) mass is 257 g/mol. The van der Waals surface area contributed by atoms with Crippen LogP contribution in [0.4, 0.5) is 0 Å². The molecule has 1 N–H and O–H groups in total. The smallest absolute Gasteiger partial charge is 0.253 e. The molecule has 16 heavy (non-hydrogen) atoms. The van der Waals surface area contributed by atoms with Gasteiger partial charge in [0, 0.05) is 6.54 Å². The fourth-order valence-electron chi connectivity index (χ4n) is 1.14. The number of carbonyl (C=O) groups is 1. The van der Waals surface area contributed by atoms with Crippen molar-refractivity contribution in [3.05, 3.63) is 42.0 Å². The number of hydrogen-bond acceptors (Lipinski definition) is 1. The zero-order chi connectivity index (χ0) is 11.8. The summed E-state index contributed by atoms with van der Waals surface area (Å²) in [6.45, 7) is 0.540. The van der Waals surface area contributed by atoms with Crippen LogP contribution in [0.5, 0.6) is 0 Å². The summed E-state index contributed by atoms with van der Waals surface area (Å²) < 4.78 is 0. The minimum absolute atomic E-state index is 0.351. The molecule has 1 aromatic rings. The average molecular weight is 258 g/mol. The lowest BCUT2D eigenvalue weighted by Crippen LogP contribution is -2.28. The average Bonchev–Trinajstić information content (AvgIpc) is 2.29.